The number of imide groups is 1. The molecule has 29 heavy (non-hydrogen) atoms. The van der Waals surface area contributed by atoms with Crippen LogP contribution in [0.25, 0.3) is 0 Å². The third kappa shape index (κ3) is 2.87. The molecule has 0 aromatic heterocycles. The number of rotatable bonds is 3. The van der Waals surface area contributed by atoms with Gasteiger partial charge in [0.15, 0.2) is 0 Å². The second-order valence-electron chi connectivity index (χ2n) is 8.36. The molecule has 2 aromatic rings. The van der Waals surface area contributed by atoms with E-state index in [0.29, 0.717) is 33.8 Å². The number of aryl methyl sites for hydroxylation is 1. The lowest BCUT2D eigenvalue weighted by atomic mass is 9.81. The van der Waals surface area contributed by atoms with E-state index in [4.69, 9.17) is 11.6 Å². The van der Waals surface area contributed by atoms with Crippen molar-refractivity contribution in [3.05, 3.63) is 58.6 Å². The van der Waals surface area contributed by atoms with Crippen LogP contribution >= 0.6 is 11.6 Å². The summed E-state index contributed by atoms with van der Waals surface area (Å²) in [7, 11) is 0. The number of hydrogen-bond donors (Lipinski definition) is 1. The van der Waals surface area contributed by atoms with Gasteiger partial charge in [0.25, 0.3) is 5.91 Å². The minimum atomic E-state index is -0.309. The van der Waals surface area contributed by atoms with Crippen molar-refractivity contribution < 1.29 is 14.4 Å². The lowest BCUT2D eigenvalue weighted by Crippen LogP contribution is -2.33. The first kappa shape index (κ1) is 18.4. The molecule has 6 heteroatoms. The average Bonchev–Trinajstić information content (AvgIpc) is 3.38. The van der Waals surface area contributed by atoms with E-state index in [1.54, 1.807) is 36.4 Å². The summed E-state index contributed by atoms with van der Waals surface area (Å²) in [6, 6.07) is 12.0. The predicted octanol–water partition coefficient (Wildman–Crippen LogP) is 4.44. The zero-order valence-electron chi connectivity index (χ0n) is 16.0. The highest BCUT2D eigenvalue weighted by molar-refractivity contribution is 6.31. The summed E-state index contributed by atoms with van der Waals surface area (Å²) < 4.78 is 0. The SMILES string of the molecule is Cc1ccc(Cl)cc1NC(=O)c1cccc(N2C(=O)[C@H]3[C@H]4CC[C@@H](C4)[C@@H]3C2=O)c1. The number of amides is 3. The highest BCUT2D eigenvalue weighted by atomic mass is 35.5. The zero-order valence-corrected chi connectivity index (χ0v) is 16.8. The molecule has 0 spiro atoms. The number of nitrogens with one attached hydrogen (secondary N) is 1. The molecule has 5 rings (SSSR count). The number of fused-ring (bicyclic) bond motifs is 5. The smallest absolute Gasteiger partial charge is 0.255 e. The summed E-state index contributed by atoms with van der Waals surface area (Å²) >= 11 is 6.03. The molecule has 3 fully saturated rings. The van der Waals surface area contributed by atoms with E-state index in [1.807, 2.05) is 13.0 Å². The van der Waals surface area contributed by atoms with Crippen LogP contribution in [0.3, 0.4) is 0 Å². The lowest BCUT2D eigenvalue weighted by Gasteiger charge is -2.19. The van der Waals surface area contributed by atoms with Gasteiger partial charge in [-0.05, 0) is 73.9 Å². The van der Waals surface area contributed by atoms with Gasteiger partial charge in [0.05, 0.1) is 17.5 Å². The van der Waals surface area contributed by atoms with Crippen molar-refractivity contribution in [1.29, 1.82) is 0 Å². The first-order valence-corrected chi connectivity index (χ1v) is 10.4. The molecule has 4 atom stereocenters. The van der Waals surface area contributed by atoms with E-state index in [1.165, 1.54) is 4.90 Å². The largest absolute Gasteiger partial charge is 0.322 e. The lowest BCUT2D eigenvalue weighted by molar-refractivity contribution is -0.123. The fourth-order valence-electron chi connectivity index (χ4n) is 5.37. The van der Waals surface area contributed by atoms with E-state index >= 15 is 0 Å². The zero-order chi connectivity index (χ0) is 20.3. The number of halogens is 1. The van der Waals surface area contributed by atoms with Crippen LogP contribution in [0, 0.1) is 30.6 Å². The van der Waals surface area contributed by atoms with Crippen LogP contribution < -0.4 is 10.2 Å². The highest BCUT2D eigenvalue weighted by Crippen LogP contribution is 2.56. The van der Waals surface area contributed by atoms with Gasteiger partial charge in [0, 0.05) is 16.3 Å². The molecule has 148 valence electrons. The van der Waals surface area contributed by atoms with E-state index in [0.717, 1.165) is 24.8 Å². The second-order valence-corrected chi connectivity index (χ2v) is 8.80. The standard InChI is InChI=1S/C23H21ClN2O3/c1-12-5-8-16(24)11-18(12)25-21(27)15-3-2-4-17(10-15)26-22(28)19-13-6-7-14(9-13)20(19)23(26)29/h2-5,8,10-11,13-14,19-20H,6-7,9H2,1H3,(H,25,27)/t13-,14-,19-,20-/m0/s1. The van der Waals surface area contributed by atoms with Gasteiger partial charge in [-0.15, -0.1) is 0 Å². The summed E-state index contributed by atoms with van der Waals surface area (Å²) in [4.78, 5) is 40.1. The third-order valence-corrected chi connectivity index (χ3v) is 6.98. The van der Waals surface area contributed by atoms with E-state index < -0.39 is 0 Å². The maximum atomic E-state index is 13.0. The molecule has 2 aromatic carbocycles. The van der Waals surface area contributed by atoms with Gasteiger partial charge in [-0.2, -0.15) is 0 Å². The Morgan fingerprint density at radius 3 is 2.41 bits per heavy atom. The summed E-state index contributed by atoms with van der Waals surface area (Å²) in [6.07, 6.45) is 3.09. The van der Waals surface area contributed by atoms with Gasteiger partial charge in [0.2, 0.25) is 11.8 Å². The number of anilines is 2. The molecule has 5 nitrogen and oxygen atoms in total. The quantitative estimate of drug-likeness (QED) is 0.763. The van der Waals surface area contributed by atoms with Crippen molar-refractivity contribution in [3.8, 4) is 0 Å². The summed E-state index contributed by atoms with van der Waals surface area (Å²) in [6.45, 7) is 1.89. The fourth-order valence-corrected chi connectivity index (χ4v) is 5.54. The van der Waals surface area contributed by atoms with Crippen molar-refractivity contribution >= 4 is 40.7 Å². The van der Waals surface area contributed by atoms with E-state index in [9.17, 15) is 14.4 Å². The molecular formula is C23H21ClN2O3. The Balaban J connectivity index is 1.42. The Bertz CT molecular complexity index is 1020. The van der Waals surface area contributed by atoms with Gasteiger partial charge in [0.1, 0.15) is 0 Å². The van der Waals surface area contributed by atoms with Gasteiger partial charge >= 0.3 is 0 Å². The summed E-state index contributed by atoms with van der Waals surface area (Å²) in [5, 5.41) is 3.40. The minimum Gasteiger partial charge on any atom is -0.322 e. The molecule has 2 bridgehead atoms. The van der Waals surface area contributed by atoms with Crippen LogP contribution in [0.4, 0.5) is 11.4 Å². The minimum absolute atomic E-state index is 0.101. The number of carbonyl (C=O) groups excluding carboxylic acids is 3. The Labute approximate surface area is 174 Å². The fraction of sp³-hybridized carbons (Fsp3) is 0.348. The van der Waals surface area contributed by atoms with Gasteiger partial charge in [-0.25, -0.2) is 0 Å². The molecule has 3 amide bonds. The van der Waals surface area contributed by atoms with Crippen LogP contribution in [0.1, 0.15) is 35.2 Å². The van der Waals surface area contributed by atoms with Gasteiger partial charge in [-0.3, -0.25) is 19.3 Å². The topological polar surface area (TPSA) is 66.5 Å². The summed E-state index contributed by atoms with van der Waals surface area (Å²) in [5.41, 5.74) is 2.39. The molecule has 3 aliphatic rings. The maximum Gasteiger partial charge on any atom is 0.255 e. The monoisotopic (exact) mass is 408 g/mol. The molecule has 1 aliphatic heterocycles. The molecule has 1 N–H and O–H groups in total. The Morgan fingerprint density at radius 2 is 1.72 bits per heavy atom. The molecular weight excluding hydrogens is 388 g/mol. The predicted molar refractivity (Wildman–Crippen MR) is 111 cm³/mol. The van der Waals surface area contributed by atoms with Crippen molar-refractivity contribution in [3.63, 3.8) is 0 Å². The van der Waals surface area contributed by atoms with Crippen LogP contribution in [-0.4, -0.2) is 17.7 Å². The third-order valence-electron chi connectivity index (χ3n) is 6.74. The molecule has 2 saturated carbocycles. The number of carbonyl (C=O) groups is 3. The number of benzene rings is 2. The Morgan fingerprint density at radius 1 is 1.03 bits per heavy atom. The van der Waals surface area contributed by atoms with E-state index in [-0.39, 0.29) is 29.6 Å². The molecule has 0 radical (unpaired) electrons. The van der Waals surface area contributed by atoms with Crippen molar-refractivity contribution in [1.82, 2.24) is 0 Å². The van der Waals surface area contributed by atoms with Crippen LogP contribution in [-0.2, 0) is 9.59 Å². The molecule has 1 saturated heterocycles. The van der Waals surface area contributed by atoms with Crippen molar-refractivity contribution in [2.24, 2.45) is 23.7 Å². The normalized spacial score (nSPS) is 27.4. The van der Waals surface area contributed by atoms with Crippen LogP contribution in [0.5, 0.6) is 0 Å². The number of nitrogens with zero attached hydrogens (tertiary/aromatic N) is 1. The Kier molecular flexibility index (Phi) is 4.24. The number of hydrogen-bond acceptors (Lipinski definition) is 3. The Hall–Kier alpha value is -2.66. The van der Waals surface area contributed by atoms with E-state index in [2.05, 4.69) is 5.32 Å². The van der Waals surface area contributed by atoms with Gasteiger partial charge in [-0.1, -0.05) is 23.7 Å². The molecule has 0 unspecified atom stereocenters. The van der Waals surface area contributed by atoms with Crippen molar-refractivity contribution in [2.45, 2.75) is 26.2 Å². The second kappa shape index (κ2) is 6.70. The summed E-state index contributed by atoms with van der Waals surface area (Å²) in [5.74, 6) is -0.185. The van der Waals surface area contributed by atoms with Crippen molar-refractivity contribution in [2.75, 3.05) is 10.2 Å². The van der Waals surface area contributed by atoms with Gasteiger partial charge < -0.3 is 5.32 Å². The maximum absolute atomic E-state index is 13.0. The van der Waals surface area contributed by atoms with Crippen LogP contribution in [0.15, 0.2) is 42.5 Å². The highest BCUT2D eigenvalue weighted by Gasteiger charge is 2.61. The molecule has 1 heterocycles. The van der Waals surface area contributed by atoms with Crippen LogP contribution in [0.2, 0.25) is 5.02 Å². The average molecular weight is 409 g/mol. The first-order chi connectivity index (χ1) is 13.9. The molecule has 2 aliphatic carbocycles. The first-order valence-electron chi connectivity index (χ1n) is 9.99.